The van der Waals surface area contributed by atoms with Gasteiger partial charge in [-0.05, 0) is 49.6 Å². The van der Waals surface area contributed by atoms with Crippen molar-refractivity contribution in [3.05, 3.63) is 59.9 Å². The molecule has 1 aliphatic carbocycles. The van der Waals surface area contributed by atoms with E-state index in [4.69, 9.17) is 9.47 Å². The van der Waals surface area contributed by atoms with Gasteiger partial charge in [-0.1, -0.05) is 18.2 Å². The van der Waals surface area contributed by atoms with E-state index in [2.05, 4.69) is 5.32 Å². The minimum Gasteiger partial charge on any atom is -0.496 e. The molecule has 4 nitrogen and oxygen atoms in total. The topological polar surface area (TPSA) is 50.7 Å². The van der Waals surface area contributed by atoms with E-state index >= 15 is 0 Å². The van der Waals surface area contributed by atoms with Crippen LogP contribution in [0.25, 0.3) is 0 Å². The first-order valence-corrected chi connectivity index (χ1v) is 8.63. The number of rotatable bonds is 6. The van der Waals surface area contributed by atoms with E-state index in [9.17, 15) is 9.50 Å². The maximum absolute atomic E-state index is 13.0. The number of hydrogen-bond donors (Lipinski definition) is 2. The molecule has 3 rings (SSSR count). The Bertz CT molecular complexity index is 677. The number of para-hydroxylation sites is 1. The Kier molecular flexibility index (Phi) is 5.89. The van der Waals surface area contributed by atoms with E-state index in [1.165, 1.54) is 12.1 Å². The summed E-state index contributed by atoms with van der Waals surface area (Å²) in [7, 11) is 1.65. The van der Waals surface area contributed by atoms with Gasteiger partial charge in [0.25, 0.3) is 0 Å². The SMILES string of the molecule is COc1ccccc1CN[C@H]1CCC[C@@H](Oc2ccc(F)cc2)[C@@H]1O. The molecule has 0 saturated heterocycles. The molecular formula is C20H24FNO3. The zero-order chi connectivity index (χ0) is 17.6. The summed E-state index contributed by atoms with van der Waals surface area (Å²) in [6.07, 6.45) is 1.72. The molecule has 1 saturated carbocycles. The molecule has 0 aromatic heterocycles. The van der Waals surface area contributed by atoms with Gasteiger partial charge in [-0.25, -0.2) is 4.39 Å². The minimum absolute atomic E-state index is 0.0517. The summed E-state index contributed by atoms with van der Waals surface area (Å²) >= 11 is 0. The second kappa shape index (κ2) is 8.32. The van der Waals surface area contributed by atoms with E-state index in [1.807, 2.05) is 24.3 Å². The standard InChI is InChI=1S/C20H24FNO3/c1-24-18-7-3-2-5-14(18)13-22-17-6-4-8-19(20(17)23)25-16-11-9-15(21)10-12-16/h2-3,5,7,9-12,17,19-20,22-23H,4,6,8,13H2,1H3/t17-,19+,20+/m0/s1. The fraction of sp³-hybridized carbons (Fsp3) is 0.400. The molecule has 2 aromatic carbocycles. The first kappa shape index (κ1) is 17.7. The predicted molar refractivity (Wildman–Crippen MR) is 94.3 cm³/mol. The van der Waals surface area contributed by atoms with Gasteiger partial charge in [0.1, 0.15) is 29.5 Å². The average molecular weight is 345 g/mol. The Hall–Kier alpha value is -2.11. The van der Waals surface area contributed by atoms with Gasteiger partial charge >= 0.3 is 0 Å². The van der Waals surface area contributed by atoms with Crippen LogP contribution in [-0.4, -0.2) is 30.5 Å². The normalized spacial score (nSPS) is 23.2. The van der Waals surface area contributed by atoms with E-state index in [1.54, 1.807) is 19.2 Å². The Morgan fingerprint density at radius 1 is 1.12 bits per heavy atom. The van der Waals surface area contributed by atoms with Crippen molar-refractivity contribution in [3.8, 4) is 11.5 Å². The van der Waals surface area contributed by atoms with Crippen molar-refractivity contribution in [2.45, 2.75) is 44.1 Å². The van der Waals surface area contributed by atoms with Crippen LogP contribution < -0.4 is 14.8 Å². The third-order valence-corrected chi connectivity index (χ3v) is 4.65. The van der Waals surface area contributed by atoms with Crippen molar-refractivity contribution in [2.75, 3.05) is 7.11 Å². The number of nitrogens with one attached hydrogen (secondary N) is 1. The second-order valence-electron chi connectivity index (χ2n) is 6.33. The number of benzene rings is 2. The zero-order valence-electron chi connectivity index (χ0n) is 14.3. The first-order valence-electron chi connectivity index (χ1n) is 8.63. The number of aliphatic hydroxyl groups excluding tert-OH is 1. The van der Waals surface area contributed by atoms with E-state index in [-0.39, 0.29) is 18.0 Å². The van der Waals surface area contributed by atoms with E-state index in [0.29, 0.717) is 12.3 Å². The minimum atomic E-state index is -0.617. The monoisotopic (exact) mass is 345 g/mol. The highest BCUT2D eigenvalue weighted by Gasteiger charge is 2.33. The second-order valence-corrected chi connectivity index (χ2v) is 6.33. The van der Waals surface area contributed by atoms with Crippen LogP contribution in [0.1, 0.15) is 24.8 Å². The third-order valence-electron chi connectivity index (χ3n) is 4.65. The highest BCUT2D eigenvalue weighted by molar-refractivity contribution is 5.33. The summed E-state index contributed by atoms with van der Waals surface area (Å²) in [6.45, 7) is 0.620. The smallest absolute Gasteiger partial charge is 0.126 e. The molecule has 25 heavy (non-hydrogen) atoms. The lowest BCUT2D eigenvalue weighted by Gasteiger charge is -2.35. The predicted octanol–water partition coefficient (Wildman–Crippen LogP) is 3.28. The van der Waals surface area contributed by atoms with Gasteiger partial charge < -0.3 is 19.9 Å². The molecule has 2 N–H and O–H groups in total. The van der Waals surface area contributed by atoms with E-state index < -0.39 is 6.10 Å². The zero-order valence-corrected chi connectivity index (χ0v) is 14.3. The van der Waals surface area contributed by atoms with Crippen molar-refractivity contribution in [3.63, 3.8) is 0 Å². The molecule has 0 amide bonds. The van der Waals surface area contributed by atoms with Crippen molar-refractivity contribution in [2.24, 2.45) is 0 Å². The number of ether oxygens (including phenoxy) is 2. The summed E-state index contributed by atoms with van der Waals surface area (Å²) < 4.78 is 24.2. The lowest BCUT2D eigenvalue weighted by molar-refractivity contribution is -0.0158. The molecule has 0 spiro atoms. The maximum atomic E-state index is 13.0. The summed E-state index contributed by atoms with van der Waals surface area (Å²) in [4.78, 5) is 0. The van der Waals surface area contributed by atoms with Gasteiger partial charge in [-0.2, -0.15) is 0 Å². The Balaban J connectivity index is 1.59. The molecule has 1 aliphatic rings. The molecule has 0 heterocycles. The Labute approximate surface area is 147 Å². The van der Waals surface area contributed by atoms with Gasteiger partial charge in [-0.15, -0.1) is 0 Å². The molecule has 134 valence electrons. The summed E-state index contributed by atoms with van der Waals surface area (Å²) in [5, 5.41) is 14.1. The molecule has 3 atom stereocenters. The number of methoxy groups -OCH3 is 1. The lowest BCUT2D eigenvalue weighted by atomic mass is 9.89. The van der Waals surface area contributed by atoms with Crippen LogP contribution in [0.3, 0.4) is 0 Å². The molecule has 0 radical (unpaired) electrons. The summed E-state index contributed by atoms with van der Waals surface area (Å²) in [6, 6.07) is 13.7. The van der Waals surface area contributed by atoms with Crippen LogP contribution in [0.4, 0.5) is 4.39 Å². The Morgan fingerprint density at radius 3 is 2.64 bits per heavy atom. The van der Waals surface area contributed by atoms with Gasteiger partial charge in [0.2, 0.25) is 0 Å². The molecular weight excluding hydrogens is 321 g/mol. The van der Waals surface area contributed by atoms with E-state index in [0.717, 1.165) is 30.6 Å². The Morgan fingerprint density at radius 2 is 1.88 bits per heavy atom. The van der Waals surface area contributed by atoms with Crippen molar-refractivity contribution in [1.29, 1.82) is 0 Å². The van der Waals surface area contributed by atoms with Gasteiger partial charge in [0.15, 0.2) is 0 Å². The quantitative estimate of drug-likeness (QED) is 0.844. The molecule has 0 aliphatic heterocycles. The van der Waals surface area contributed by atoms with Crippen molar-refractivity contribution < 1.29 is 19.0 Å². The van der Waals surface area contributed by atoms with Gasteiger partial charge in [-0.3, -0.25) is 0 Å². The number of aliphatic hydroxyl groups is 1. The van der Waals surface area contributed by atoms with Crippen molar-refractivity contribution in [1.82, 2.24) is 5.32 Å². The lowest BCUT2D eigenvalue weighted by Crippen LogP contribution is -2.50. The van der Waals surface area contributed by atoms with Gasteiger partial charge in [0, 0.05) is 18.2 Å². The first-order chi connectivity index (χ1) is 12.2. The molecule has 1 fully saturated rings. The largest absolute Gasteiger partial charge is 0.496 e. The van der Waals surface area contributed by atoms with Crippen LogP contribution in [-0.2, 0) is 6.54 Å². The molecule has 2 aromatic rings. The highest BCUT2D eigenvalue weighted by Crippen LogP contribution is 2.25. The van der Waals surface area contributed by atoms with Gasteiger partial charge in [0.05, 0.1) is 7.11 Å². The van der Waals surface area contributed by atoms with Crippen molar-refractivity contribution >= 4 is 0 Å². The number of halogens is 1. The maximum Gasteiger partial charge on any atom is 0.126 e. The van der Waals surface area contributed by atoms with Crippen LogP contribution in [0.15, 0.2) is 48.5 Å². The molecule has 0 unspecified atom stereocenters. The summed E-state index contributed by atoms with van der Waals surface area (Å²) in [5.74, 6) is 1.11. The fourth-order valence-corrected chi connectivity index (χ4v) is 3.27. The highest BCUT2D eigenvalue weighted by atomic mass is 19.1. The third kappa shape index (κ3) is 4.50. The van der Waals surface area contributed by atoms with Crippen LogP contribution in [0, 0.1) is 5.82 Å². The molecule has 5 heteroatoms. The fourth-order valence-electron chi connectivity index (χ4n) is 3.27. The molecule has 0 bridgehead atoms. The van der Waals surface area contributed by atoms with Crippen LogP contribution in [0.2, 0.25) is 0 Å². The average Bonchev–Trinajstić information content (AvgIpc) is 2.64. The number of hydrogen-bond acceptors (Lipinski definition) is 4. The summed E-state index contributed by atoms with van der Waals surface area (Å²) in [5.41, 5.74) is 1.05. The van der Waals surface area contributed by atoms with Crippen LogP contribution in [0.5, 0.6) is 11.5 Å². The van der Waals surface area contributed by atoms with Crippen LogP contribution >= 0.6 is 0 Å².